The second-order valence-corrected chi connectivity index (χ2v) is 7.06. The van der Waals surface area contributed by atoms with Gasteiger partial charge < -0.3 is 15.4 Å². The minimum absolute atomic E-state index is 0.325. The molecule has 0 spiro atoms. The number of ether oxygens (including phenoxy) is 1. The molecular weight excluding hydrogens is 350 g/mol. The van der Waals surface area contributed by atoms with E-state index in [1.165, 1.54) is 16.5 Å². The minimum atomic E-state index is 0.325. The fourth-order valence-electron chi connectivity index (χ4n) is 3.83. The van der Waals surface area contributed by atoms with Crippen LogP contribution >= 0.6 is 0 Å². The Kier molecular flexibility index (Phi) is 4.16. The van der Waals surface area contributed by atoms with E-state index in [1.807, 2.05) is 6.08 Å². The number of fused-ring (bicyclic) bond motifs is 2. The van der Waals surface area contributed by atoms with Crippen LogP contribution in [0.4, 0.5) is 11.5 Å². The van der Waals surface area contributed by atoms with Gasteiger partial charge in [0, 0.05) is 35.8 Å². The summed E-state index contributed by atoms with van der Waals surface area (Å²) in [5, 5.41) is 2.49. The number of aliphatic imine (C=N–C) groups is 1. The molecule has 2 aliphatic heterocycles. The van der Waals surface area contributed by atoms with Gasteiger partial charge in [0.05, 0.1) is 18.0 Å². The molecule has 1 aromatic heterocycles. The van der Waals surface area contributed by atoms with Crippen molar-refractivity contribution in [2.24, 2.45) is 4.99 Å². The van der Waals surface area contributed by atoms with Gasteiger partial charge in [-0.05, 0) is 17.9 Å². The Morgan fingerprint density at radius 2 is 1.96 bits per heavy atom. The van der Waals surface area contributed by atoms with Crippen molar-refractivity contribution in [3.8, 4) is 6.01 Å². The molecule has 0 saturated heterocycles. The van der Waals surface area contributed by atoms with E-state index in [-0.39, 0.29) is 0 Å². The van der Waals surface area contributed by atoms with Crippen molar-refractivity contribution < 1.29 is 4.74 Å². The van der Waals surface area contributed by atoms with Gasteiger partial charge in [0.1, 0.15) is 12.4 Å². The standard InChI is InChI=1S/C22H21N5O/c23-21-18-10-12-27(20-9-3-6-15-5-1-2-8-17(15)20)13-19(18)25-22(26-21)28-14-16-7-4-11-24-16/h1-6,8-9,11H,7,10,12-14H2,(H2,23,25,26). The summed E-state index contributed by atoms with van der Waals surface area (Å²) in [5.74, 6) is 0.518. The smallest absolute Gasteiger partial charge is 0.319 e. The molecule has 0 atom stereocenters. The molecule has 2 aromatic carbocycles. The van der Waals surface area contributed by atoms with Crippen LogP contribution in [0, 0.1) is 0 Å². The molecular formula is C22H21N5O. The predicted molar refractivity (Wildman–Crippen MR) is 112 cm³/mol. The maximum Gasteiger partial charge on any atom is 0.319 e. The monoisotopic (exact) mass is 371 g/mol. The fraction of sp³-hybridized carbons (Fsp3) is 0.227. The Bertz CT molecular complexity index is 1100. The highest BCUT2D eigenvalue weighted by molar-refractivity contribution is 5.94. The van der Waals surface area contributed by atoms with Crippen LogP contribution < -0.4 is 15.4 Å². The lowest BCUT2D eigenvalue weighted by Crippen LogP contribution is -2.32. The maximum atomic E-state index is 6.21. The average Bonchev–Trinajstić information content (AvgIpc) is 3.25. The highest BCUT2D eigenvalue weighted by Gasteiger charge is 2.23. The van der Waals surface area contributed by atoms with E-state index in [4.69, 9.17) is 10.5 Å². The van der Waals surface area contributed by atoms with Crippen LogP contribution in [0.25, 0.3) is 10.8 Å². The molecule has 2 aliphatic rings. The Morgan fingerprint density at radius 3 is 2.86 bits per heavy atom. The maximum absolute atomic E-state index is 6.21. The third-order valence-electron chi connectivity index (χ3n) is 5.27. The number of anilines is 2. The van der Waals surface area contributed by atoms with E-state index in [1.54, 1.807) is 6.20 Å². The van der Waals surface area contributed by atoms with Crippen LogP contribution in [-0.2, 0) is 13.0 Å². The van der Waals surface area contributed by atoms with E-state index >= 15 is 0 Å². The van der Waals surface area contributed by atoms with E-state index in [0.29, 0.717) is 25.0 Å². The second-order valence-electron chi connectivity index (χ2n) is 7.06. The fourth-order valence-corrected chi connectivity index (χ4v) is 3.83. The van der Waals surface area contributed by atoms with Crippen LogP contribution in [0.3, 0.4) is 0 Å². The number of aromatic nitrogens is 2. The van der Waals surface area contributed by atoms with Gasteiger partial charge in [0.15, 0.2) is 0 Å². The topological polar surface area (TPSA) is 76.6 Å². The summed E-state index contributed by atoms with van der Waals surface area (Å²) in [6, 6.07) is 15.2. The molecule has 140 valence electrons. The van der Waals surface area contributed by atoms with Gasteiger partial charge in [-0.3, -0.25) is 4.99 Å². The quantitative estimate of drug-likeness (QED) is 0.759. The van der Waals surface area contributed by atoms with Gasteiger partial charge in [-0.1, -0.05) is 42.5 Å². The van der Waals surface area contributed by atoms with Crippen molar-refractivity contribution in [2.75, 3.05) is 23.8 Å². The molecule has 2 N–H and O–H groups in total. The second kappa shape index (κ2) is 6.96. The van der Waals surface area contributed by atoms with Crippen LogP contribution in [0.1, 0.15) is 17.7 Å². The summed E-state index contributed by atoms with van der Waals surface area (Å²) < 4.78 is 5.76. The molecule has 0 radical (unpaired) electrons. The summed E-state index contributed by atoms with van der Waals surface area (Å²) in [6.45, 7) is 1.96. The Balaban J connectivity index is 1.42. The Labute approximate surface area is 163 Å². The average molecular weight is 371 g/mol. The number of nitrogens with zero attached hydrogens (tertiary/aromatic N) is 4. The first-order chi connectivity index (χ1) is 13.8. The first-order valence-corrected chi connectivity index (χ1v) is 9.49. The molecule has 0 bridgehead atoms. The highest BCUT2D eigenvalue weighted by Crippen LogP contribution is 2.32. The zero-order valence-electron chi connectivity index (χ0n) is 15.5. The minimum Gasteiger partial charge on any atom is -0.457 e. The summed E-state index contributed by atoms with van der Waals surface area (Å²) in [5.41, 5.74) is 10.4. The number of allylic oxidation sites excluding steroid dienone is 1. The number of hydrogen-bond acceptors (Lipinski definition) is 6. The molecule has 6 heteroatoms. The molecule has 3 heterocycles. The zero-order valence-corrected chi connectivity index (χ0v) is 15.5. The summed E-state index contributed by atoms with van der Waals surface area (Å²) in [7, 11) is 0. The molecule has 0 saturated carbocycles. The first kappa shape index (κ1) is 16.7. The van der Waals surface area contributed by atoms with Crippen LogP contribution in [-0.4, -0.2) is 28.8 Å². The van der Waals surface area contributed by atoms with Crippen molar-refractivity contribution in [1.29, 1.82) is 0 Å². The lowest BCUT2D eigenvalue weighted by atomic mass is 10.0. The van der Waals surface area contributed by atoms with Gasteiger partial charge in [-0.25, -0.2) is 0 Å². The van der Waals surface area contributed by atoms with Crippen molar-refractivity contribution in [2.45, 2.75) is 19.4 Å². The molecule has 28 heavy (non-hydrogen) atoms. The molecule has 6 nitrogen and oxygen atoms in total. The lowest BCUT2D eigenvalue weighted by Gasteiger charge is -2.31. The molecule has 0 amide bonds. The normalized spacial score (nSPS) is 15.6. The number of benzene rings is 2. The molecule has 5 rings (SSSR count). The van der Waals surface area contributed by atoms with Crippen LogP contribution in [0.2, 0.25) is 0 Å². The number of nitrogens with two attached hydrogens (primary N) is 1. The van der Waals surface area contributed by atoms with Gasteiger partial charge in [0.2, 0.25) is 0 Å². The molecule has 0 unspecified atom stereocenters. The van der Waals surface area contributed by atoms with E-state index < -0.39 is 0 Å². The van der Waals surface area contributed by atoms with Gasteiger partial charge in [0.25, 0.3) is 0 Å². The molecule has 0 fully saturated rings. The van der Waals surface area contributed by atoms with Gasteiger partial charge in [-0.2, -0.15) is 9.97 Å². The van der Waals surface area contributed by atoms with Crippen LogP contribution in [0.5, 0.6) is 6.01 Å². The third kappa shape index (κ3) is 3.07. The largest absolute Gasteiger partial charge is 0.457 e. The SMILES string of the molecule is Nc1nc(OCC2=NC=CC2)nc2c1CCN(c1cccc3ccccc13)C2. The number of hydrogen-bond donors (Lipinski definition) is 1. The summed E-state index contributed by atoms with van der Waals surface area (Å²) in [4.78, 5) is 15.6. The van der Waals surface area contributed by atoms with Crippen molar-refractivity contribution in [3.63, 3.8) is 0 Å². The Hall–Kier alpha value is -3.41. The van der Waals surface area contributed by atoms with E-state index in [9.17, 15) is 0 Å². The number of nitrogen functional groups attached to an aromatic ring is 1. The van der Waals surface area contributed by atoms with Gasteiger partial charge >= 0.3 is 6.01 Å². The van der Waals surface area contributed by atoms with Crippen molar-refractivity contribution in [1.82, 2.24) is 9.97 Å². The van der Waals surface area contributed by atoms with Gasteiger partial charge in [-0.15, -0.1) is 0 Å². The first-order valence-electron chi connectivity index (χ1n) is 9.49. The van der Waals surface area contributed by atoms with E-state index in [0.717, 1.165) is 36.4 Å². The molecule has 3 aromatic rings. The zero-order chi connectivity index (χ0) is 18.9. The van der Waals surface area contributed by atoms with Crippen molar-refractivity contribution >= 4 is 28.0 Å². The summed E-state index contributed by atoms with van der Waals surface area (Å²) in [6.07, 6.45) is 5.43. The summed E-state index contributed by atoms with van der Waals surface area (Å²) >= 11 is 0. The Morgan fingerprint density at radius 1 is 1.07 bits per heavy atom. The van der Waals surface area contributed by atoms with Crippen molar-refractivity contribution in [3.05, 3.63) is 66.0 Å². The highest BCUT2D eigenvalue weighted by atomic mass is 16.5. The molecule has 0 aliphatic carbocycles. The third-order valence-corrected chi connectivity index (χ3v) is 5.27. The van der Waals surface area contributed by atoms with E-state index in [2.05, 4.69) is 62.3 Å². The number of rotatable bonds is 4. The van der Waals surface area contributed by atoms with Crippen LogP contribution in [0.15, 0.2) is 59.7 Å². The lowest BCUT2D eigenvalue weighted by molar-refractivity contribution is 0.342. The predicted octanol–water partition coefficient (Wildman–Crippen LogP) is 3.51.